The predicted octanol–water partition coefficient (Wildman–Crippen LogP) is 12.3. The Labute approximate surface area is 417 Å². The maximum Gasteiger partial charge on any atom is 0.419 e. The zero-order chi connectivity index (χ0) is 50.8. The van der Waals surface area contributed by atoms with Crippen LogP contribution in [0.4, 0.5) is 21.0 Å². The van der Waals surface area contributed by atoms with Crippen molar-refractivity contribution in [2.75, 3.05) is 39.4 Å². The molecule has 2 atom stereocenters. The van der Waals surface area contributed by atoms with Crippen molar-refractivity contribution < 1.29 is 38.4 Å². The molecule has 1 N–H and O–H groups in total. The Kier molecular flexibility index (Phi) is 18.0. The standard InChI is InChI=1S/C24H26ClN3O4.C14H15NO3.C10H11ClN2O2.C4H8O/c1-24(2,3)32-23(29)27-15-17(19-6-4-5-7-22(19)27)14-26-11-10-16(13-26)20-12-18(28(30)31)8-9-21(20)25;1-14(2,3)18-13(17)15-8-10(9-16)11-6-4-5-7-12(11)15;11-10-2-1-8(13(14)15)5-9(10)7-3-4-12-6-7;1-2-4-5-3-1/h4-9,12,15-16H,10-11,13-14H2,1-3H3;4-9H,1-3H3;1-2,5,7,12H,3-4,6H2;1-4H2. The number of carbonyl (C=O) groups excluding carboxylic acids is 3. The molecule has 0 saturated carbocycles. The summed E-state index contributed by atoms with van der Waals surface area (Å²) < 4.78 is 18.8. The third-order valence-electron chi connectivity index (χ3n) is 11.7. The minimum atomic E-state index is -0.581. The molecule has 9 rings (SSSR count). The van der Waals surface area contributed by atoms with Gasteiger partial charge >= 0.3 is 12.2 Å². The summed E-state index contributed by atoms with van der Waals surface area (Å²) in [5.41, 5.74) is 3.74. The number of non-ortho nitro benzene ring substituents is 2. The average Bonchev–Trinajstić information content (AvgIpc) is 4.18. The molecule has 2 aromatic heterocycles. The molecule has 0 bridgehead atoms. The van der Waals surface area contributed by atoms with Crippen molar-refractivity contribution in [1.82, 2.24) is 19.4 Å². The van der Waals surface area contributed by atoms with E-state index >= 15 is 0 Å². The maximum absolute atomic E-state index is 12.7. The number of aldehydes is 1. The quantitative estimate of drug-likeness (QED) is 0.0906. The molecule has 70 heavy (non-hydrogen) atoms. The first-order valence-electron chi connectivity index (χ1n) is 23.2. The number of carbonyl (C=O) groups is 3. The zero-order valence-corrected chi connectivity index (χ0v) is 41.8. The Bertz CT molecular complexity index is 2810. The number of nitro groups is 2. The van der Waals surface area contributed by atoms with Gasteiger partial charge in [-0.25, -0.2) is 9.59 Å². The highest BCUT2D eigenvalue weighted by Gasteiger charge is 2.29. The average molecular weight is 1000 g/mol. The number of ether oxygens (including phenoxy) is 3. The van der Waals surface area contributed by atoms with Gasteiger partial charge in [0, 0.05) is 95.9 Å². The molecule has 18 heteroatoms. The smallest absolute Gasteiger partial charge is 0.419 e. The number of aromatic nitrogens is 2. The van der Waals surface area contributed by atoms with Gasteiger partial charge in [-0.15, -0.1) is 0 Å². The molecule has 3 aliphatic rings. The molecule has 0 amide bonds. The van der Waals surface area contributed by atoms with Gasteiger partial charge < -0.3 is 19.5 Å². The second kappa shape index (κ2) is 23.6. The summed E-state index contributed by atoms with van der Waals surface area (Å²) in [5.74, 6) is 0.430. The summed E-state index contributed by atoms with van der Waals surface area (Å²) in [5, 5.41) is 27.9. The molecule has 5 heterocycles. The first-order chi connectivity index (χ1) is 33.2. The highest BCUT2D eigenvalue weighted by molar-refractivity contribution is 6.31. The van der Waals surface area contributed by atoms with E-state index in [4.69, 9.17) is 37.4 Å². The number of nitrogens with one attached hydrogen (secondary N) is 1. The molecule has 0 radical (unpaired) electrons. The minimum Gasteiger partial charge on any atom is -0.443 e. The normalized spacial score (nSPS) is 16.9. The van der Waals surface area contributed by atoms with Crippen molar-refractivity contribution in [2.24, 2.45) is 0 Å². The monoisotopic (exact) mass is 998 g/mol. The lowest BCUT2D eigenvalue weighted by atomic mass is 9.98. The lowest BCUT2D eigenvalue weighted by Crippen LogP contribution is -2.26. The van der Waals surface area contributed by atoms with E-state index in [1.807, 2.05) is 63.4 Å². The summed E-state index contributed by atoms with van der Waals surface area (Å²) >= 11 is 12.4. The summed E-state index contributed by atoms with van der Waals surface area (Å²) in [4.78, 5) is 59.1. The molecule has 372 valence electrons. The lowest BCUT2D eigenvalue weighted by molar-refractivity contribution is -0.385. The van der Waals surface area contributed by atoms with E-state index in [-0.39, 0.29) is 22.2 Å². The van der Waals surface area contributed by atoms with E-state index < -0.39 is 28.3 Å². The van der Waals surface area contributed by atoms with Gasteiger partial charge in [-0.2, -0.15) is 0 Å². The molecule has 0 spiro atoms. The van der Waals surface area contributed by atoms with Crippen LogP contribution in [-0.4, -0.2) is 92.9 Å². The largest absolute Gasteiger partial charge is 0.443 e. The Morgan fingerprint density at radius 2 is 1.26 bits per heavy atom. The predicted molar refractivity (Wildman–Crippen MR) is 272 cm³/mol. The van der Waals surface area contributed by atoms with Crippen molar-refractivity contribution in [3.05, 3.63) is 150 Å². The van der Waals surface area contributed by atoms with Gasteiger partial charge in [0.1, 0.15) is 11.2 Å². The Morgan fingerprint density at radius 3 is 1.74 bits per heavy atom. The molecule has 3 aliphatic heterocycles. The number of para-hydroxylation sites is 2. The van der Waals surface area contributed by atoms with Crippen LogP contribution in [-0.2, 0) is 20.8 Å². The number of rotatable bonds is 7. The van der Waals surface area contributed by atoms with Gasteiger partial charge in [-0.05, 0) is 133 Å². The third-order valence-corrected chi connectivity index (χ3v) is 12.3. The van der Waals surface area contributed by atoms with Crippen LogP contribution in [0.3, 0.4) is 0 Å². The number of halogens is 2. The number of hydrogen-bond donors (Lipinski definition) is 1. The fourth-order valence-corrected chi connectivity index (χ4v) is 8.96. The Balaban J connectivity index is 0.000000177. The maximum atomic E-state index is 12.7. The molecule has 4 aromatic carbocycles. The number of hydrogen-bond acceptors (Lipinski definition) is 12. The number of benzene rings is 4. The van der Waals surface area contributed by atoms with Gasteiger partial charge in [0.25, 0.3) is 11.4 Å². The Hall–Kier alpha value is -6.17. The SMILES string of the molecule is C1CCOC1.CC(C)(C)OC(=O)n1cc(C=O)c2ccccc21.CC(C)(C)OC(=O)n1cc(CN2CCC(c3cc([N+](=O)[O-])ccc3Cl)C2)c2ccccc21.O=[N+]([O-])c1ccc(Cl)c(C2CCNC2)c1. The minimum absolute atomic E-state index is 0.0586. The molecule has 6 aromatic rings. The van der Waals surface area contributed by atoms with E-state index in [1.54, 1.807) is 61.7 Å². The summed E-state index contributed by atoms with van der Waals surface area (Å²) in [7, 11) is 0. The van der Waals surface area contributed by atoms with Crippen LogP contribution < -0.4 is 5.32 Å². The van der Waals surface area contributed by atoms with Crippen LogP contribution in [0.15, 0.2) is 97.3 Å². The van der Waals surface area contributed by atoms with Crippen molar-refractivity contribution in [2.45, 2.75) is 96.8 Å². The molecular formula is C52H60Cl2N6O10. The molecule has 3 saturated heterocycles. The first kappa shape index (κ1) is 53.2. The second-order valence-corrected chi connectivity index (χ2v) is 20.1. The third kappa shape index (κ3) is 14.2. The number of likely N-dealkylation sites (tertiary alicyclic amines) is 1. The zero-order valence-electron chi connectivity index (χ0n) is 40.3. The van der Waals surface area contributed by atoms with Crippen LogP contribution in [0.25, 0.3) is 21.8 Å². The van der Waals surface area contributed by atoms with E-state index in [9.17, 15) is 34.6 Å². The number of nitrogens with zero attached hydrogens (tertiary/aromatic N) is 5. The van der Waals surface area contributed by atoms with E-state index in [0.29, 0.717) is 33.6 Å². The van der Waals surface area contributed by atoms with Crippen LogP contribution in [0.1, 0.15) is 106 Å². The fourth-order valence-electron chi connectivity index (χ4n) is 8.42. The molecule has 3 fully saturated rings. The van der Waals surface area contributed by atoms with Gasteiger partial charge in [-0.1, -0.05) is 59.6 Å². The summed E-state index contributed by atoms with van der Waals surface area (Å²) in [6.07, 6.45) is 7.63. The van der Waals surface area contributed by atoms with Crippen LogP contribution >= 0.6 is 23.2 Å². The fraction of sp³-hybridized carbons (Fsp3) is 0.404. The molecule has 16 nitrogen and oxygen atoms in total. The van der Waals surface area contributed by atoms with E-state index in [2.05, 4.69) is 10.2 Å². The van der Waals surface area contributed by atoms with Gasteiger partial charge in [0.05, 0.1) is 20.9 Å². The highest BCUT2D eigenvalue weighted by atomic mass is 35.5. The van der Waals surface area contributed by atoms with Crippen LogP contribution in [0.2, 0.25) is 10.0 Å². The number of fused-ring (bicyclic) bond motifs is 2. The lowest BCUT2D eigenvalue weighted by Gasteiger charge is -2.19. The van der Waals surface area contributed by atoms with Crippen molar-refractivity contribution in [1.29, 1.82) is 0 Å². The van der Waals surface area contributed by atoms with Crippen molar-refractivity contribution in [3.63, 3.8) is 0 Å². The van der Waals surface area contributed by atoms with Crippen LogP contribution in [0.5, 0.6) is 0 Å². The molecular weight excluding hydrogens is 940 g/mol. The highest BCUT2D eigenvalue weighted by Crippen LogP contribution is 2.36. The molecule has 0 aliphatic carbocycles. The summed E-state index contributed by atoms with van der Waals surface area (Å²) in [6, 6.07) is 24.3. The first-order valence-corrected chi connectivity index (χ1v) is 24.0. The second-order valence-electron chi connectivity index (χ2n) is 19.2. The topological polar surface area (TPSA) is 190 Å². The van der Waals surface area contributed by atoms with Gasteiger partial charge in [-0.3, -0.25) is 39.1 Å². The van der Waals surface area contributed by atoms with Gasteiger partial charge in [0.15, 0.2) is 6.29 Å². The van der Waals surface area contributed by atoms with Crippen molar-refractivity contribution in [3.8, 4) is 0 Å². The van der Waals surface area contributed by atoms with Gasteiger partial charge in [0.2, 0.25) is 0 Å². The Morgan fingerprint density at radius 1 is 0.743 bits per heavy atom. The van der Waals surface area contributed by atoms with E-state index in [1.165, 1.54) is 35.7 Å². The van der Waals surface area contributed by atoms with Crippen molar-refractivity contribution >= 4 is 74.9 Å². The summed E-state index contributed by atoms with van der Waals surface area (Å²) in [6.45, 7) is 17.0. The van der Waals surface area contributed by atoms with E-state index in [0.717, 1.165) is 91.5 Å². The molecule has 2 unspecified atom stereocenters. The van der Waals surface area contributed by atoms with Crippen LogP contribution in [0, 0.1) is 20.2 Å². The number of nitro benzene ring substituents is 2.